The van der Waals surface area contributed by atoms with Crippen LogP contribution in [-0.2, 0) is 119 Å². The van der Waals surface area contributed by atoms with Gasteiger partial charge in [-0.05, 0) is 158 Å². The average Bonchev–Trinajstić information content (AvgIpc) is 0.855. The van der Waals surface area contributed by atoms with Crippen molar-refractivity contribution in [3.05, 3.63) is 108 Å². The summed E-state index contributed by atoms with van der Waals surface area (Å²) in [7, 11) is 0. The monoisotopic (exact) mass is 1920 g/mol. The summed E-state index contributed by atoms with van der Waals surface area (Å²) in [6.45, 7) is 15.4. The van der Waals surface area contributed by atoms with Crippen LogP contribution >= 0.6 is 0 Å². The normalized spacial score (nSPS) is 16.7. The van der Waals surface area contributed by atoms with Crippen LogP contribution in [0.25, 0.3) is 0 Å². The van der Waals surface area contributed by atoms with E-state index in [1.807, 2.05) is 34.6 Å². The zero-order valence-corrected chi connectivity index (χ0v) is 83.5. The lowest BCUT2D eigenvalue weighted by Crippen LogP contribution is -2.41. The predicted octanol–water partition coefficient (Wildman–Crippen LogP) is 19.6. The van der Waals surface area contributed by atoms with Crippen LogP contribution in [0.2, 0.25) is 0 Å². The highest BCUT2D eigenvalue weighted by Crippen LogP contribution is 2.37. The van der Waals surface area contributed by atoms with Crippen LogP contribution in [0, 0.1) is 68.5 Å². The molecule has 7 saturated carbocycles. The van der Waals surface area contributed by atoms with E-state index in [0.717, 1.165) is 180 Å². The molecule has 29 heteroatoms. The van der Waals surface area contributed by atoms with Gasteiger partial charge in [0.2, 0.25) is 0 Å². The first-order valence-electron chi connectivity index (χ1n) is 50.9. The van der Waals surface area contributed by atoms with Gasteiger partial charge in [0.05, 0.1) is 91.8 Å². The Hall–Kier alpha value is -9.80. The maximum Gasteiger partial charge on any atom is 0.338 e. The summed E-state index contributed by atoms with van der Waals surface area (Å²) in [5.74, 6) is -4.58. The first-order chi connectivity index (χ1) is 65.9. The fraction of sp³-hybridized carbons (Fsp3) is 0.704. The molecule has 766 valence electrons. The Morgan fingerprint density at radius 1 is 0.212 bits per heavy atom. The number of aliphatic hydroxyl groups is 1. The molecule has 7 aliphatic rings. The van der Waals surface area contributed by atoms with Crippen molar-refractivity contribution in [3.8, 4) is 0 Å². The van der Waals surface area contributed by atoms with Crippen molar-refractivity contribution in [2.45, 2.75) is 319 Å². The quantitative estimate of drug-likeness (QED) is 0.0406. The molecule has 0 aromatic heterocycles. The number of esters is 14. The van der Waals surface area contributed by atoms with E-state index in [1.165, 1.54) is 72.6 Å². The van der Waals surface area contributed by atoms with Gasteiger partial charge in [-0.2, -0.15) is 0 Å². The van der Waals surface area contributed by atoms with E-state index in [4.69, 9.17) is 66.3 Å². The third-order valence-corrected chi connectivity index (χ3v) is 28.2. The summed E-state index contributed by atoms with van der Waals surface area (Å²) in [6, 6.07) is 25.7. The predicted molar refractivity (Wildman–Crippen MR) is 510 cm³/mol. The second kappa shape index (κ2) is 63.7. The Balaban J connectivity index is 0.000000264. The number of benzene rings is 3. The molecule has 0 atom stereocenters. The van der Waals surface area contributed by atoms with Gasteiger partial charge in [-0.15, -0.1) is 0 Å². The van der Waals surface area contributed by atoms with Gasteiger partial charge in [-0.25, -0.2) is 14.4 Å². The fourth-order valence-corrected chi connectivity index (χ4v) is 17.6. The number of rotatable bonds is 44. The SMILES string of the molecule is CCC(CO)(COC(=O)C1CCCCC1)COC(=O)C1CCCCC1.CCC(COC(=O)C1CCCCC1)(COC(=O)C1CCCCC1)COC(=O)C1CCCCC1.CCC(COC(C)=O)(COC(=O)C1CCCCC1)COC(=O)C1CCCCC1.CCC(COC(C)=O)(COC(=O)c1ccccc1)COC(=O)c1ccccc1.CCC(COC(C)=O)(COC(C)=O)COC(=O)c1ccccc1. The molecule has 7 aliphatic carbocycles. The molecular weight excluding hydrogens is 1760 g/mol. The Bertz CT molecular complexity index is 3850. The molecule has 0 radical (unpaired) electrons. The van der Waals surface area contributed by atoms with E-state index in [2.05, 4.69) is 0 Å². The lowest BCUT2D eigenvalue weighted by molar-refractivity contribution is -0.170. The van der Waals surface area contributed by atoms with E-state index in [9.17, 15) is 72.2 Å². The van der Waals surface area contributed by atoms with E-state index in [0.29, 0.717) is 48.8 Å². The minimum Gasteiger partial charge on any atom is -0.465 e. The van der Waals surface area contributed by atoms with Gasteiger partial charge in [0.1, 0.15) is 92.5 Å². The van der Waals surface area contributed by atoms with Crippen LogP contribution in [-0.4, -0.2) is 188 Å². The molecule has 3 aromatic rings. The lowest BCUT2D eigenvalue weighted by atomic mass is 9.86. The second-order valence-electron chi connectivity index (χ2n) is 39.0. The lowest BCUT2D eigenvalue weighted by Gasteiger charge is -2.33. The van der Waals surface area contributed by atoms with Gasteiger partial charge < -0.3 is 71.4 Å². The molecule has 0 saturated heterocycles. The number of carbonyl (C=O) groups excluding carboxylic acids is 14. The average molecular weight is 1920 g/mol. The first kappa shape index (κ1) is 116. The van der Waals surface area contributed by atoms with Gasteiger partial charge in [0.25, 0.3) is 0 Å². The Morgan fingerprint density at radius 2 is 0.350 bits per heavy atom. The molecule has 0 amide bonds. The molecule has 7 fully saturated rings. The molecular formula is C108H160O29. The number of hydrogen-bond donors (Lipinski definition) is 1. The molecule has 137 heavy (non-hydrogen) atoms. The summed E-state index contributed by atoms with van der Waals surface area (Å²) >= 11 is 0. The van der Waals surface area contributed by atoms with Crippen LogP contribution < -0.4 is 0 Å². The van der Waals surface area contributed by atoms with Gasteiger partial charge in [-0.1, -0.05) is 224 Å². The fourth-order valence-electron chi connectivity index (χ4n) is 17.6. The van der Waals surface area contributed by atoms with Crippen molar-refractivity contribution < 1.29 is 139 Å². The summed E-state index contributed by atoms with van der Waals surface area (Å²) in [4.78, 5) is 169. The molecule has 1 N–H and O–H groups in total. The third kappa shape index (κ3) is 43.2. The molecule has 0 aliphatic heterocycles. The zero-order chi connectivity index (χ0) is 99.8. The summed E-state index contributed by atoms with van der Waals surface area (Å²) < 4.78 is 76.3. The van der Waals surface area contributed by atoms with Crippen molar-refractivity contribution in [2.75, 3.05) is 99.1 Å². The standard InChI is InChI=1S/C27H44O6.C22H36O6.C22H24O6.C20H34O5.C17H22O6/c1-2-27(18-31-24(28)21-12-6-3-7-13-21,19-32-25(29)22-14-8-4-9-15-22)20-33-26(30)23-16-10-5-11-17-23;2*1-3-22(14-26-17(2)23,15-27-20(24)18-10-6-4-7-11-18)16-28-21(25)19-12-8-5-9-13-19;1-2-20(13-21,14-24-18(22)16-9-5-3-6-10-16)15-25-19(23)17-11-7-4-8-12-17;1-4-17(10-21-13(2)18,11-22-14(3)19)12-23-16(20)15-8-6-5-7-9-15/h21-23H,2-20H2,1H3;18-19H,3-16H2,1-2H3;4-13H,3,14-16H2,1-2H3;16-17,21H,2-15H2,1H3;5-9H,4,10-12H2,1-3H3. The van der Waals surface area contributed by atoms with E-state index < -0.39 is 68.9 Å². The molecule has 0 spiro atoms. The van der Waals surface area contributed by atoms with Crippen LogP contribution in [0.15, 0.2) is 91.0 Å². The van der Waals surface area contributed by atoms with E-state index >= 15 is 0 Å². The number of carbonyl (C=O) groups is 14. The van der Waals surface area contributed by atoms with Gasteiger partial charge >= 0.3 is 83.6 Å². The summed E-state index contributed by atoms with van der Waals surface area (Å²) in [5, 5.41) is 9.84. The maximum atomic E-state index is 12.7. The van der Waals surface area contributed by atoms with Crippen molar-refractivity contribution in [1.82, 2.24) is 0 Å². The Labute approximate surface area is 812 Å². The van der Waals surface area contributed by atoms with E-state index in [1.54, 1.807) is 91.0 Å². The van der Waals surface area contributed by atoms with Crippen LogP contribution in [0.5, 0.6) is 0 Å². The summed E-state index contributed by atoms with van der Waals surface area (Å²) in [5.41, 5.74) is -2.41. The number of hydrogen-bond acceptors (Lipinski definition) is 29. The molecule has 10 rings (SSSR count). The third-order valence-electron chi connectivity index (χ3n) is 28.2. The number of ether oxygens (including phenoxy) is 14. The van der Waals surface area contributed by atoms with Gasteiger partial charge in [0, 0.05) is 27.7 Å². The smallest absolute Gasteiger partial charge is 0.338 e. The van der Waals surface area contributed by atoms with Crippen molar-refractivity contribution in [3.63, 3.8) is 0 Å². The highest BCUT2D eigenvalue weighted by atomic mass is 16.6. The topological polar surface area (TPSA) is 388 Å². The molecule has 0 bridgehead atoms. The number of aliphatic hydroxyl groups excluding tert-OH is 1. The van der Waals surface area contributed by atoms with Crippen LogP contribution in [0.4, 0.5) is 0 Å². The van der Waals surface area contributed by atoms with Crippen LogP contribution in [0.1, 0.15) is 350 Å². The van der Waals surface area contributed by atoms with Gasteiger partial charge in [0.15, 0.2) is 0 Å². The zero-order valence-electron chi connectivity index (χ0n) is 83.5. The van der Waals surface area contributed by atoms with Crippen molar-refractivity contribution in [2.24, 2.45) is 68.5 Å². The van der Waals surface area contributed by atoms with Crippen LogP contribution in [0.3, 0.4) is 0 Å². The molecule has 3 aromatic carbocycles. The molecule has 0 heterocycles. The minimum atomic E-state index is -0.833. The maximum absolute atomic E-state index is 12.7. The second-order valence-corrected chi connectivity index (χ2v) is 39.0. The molecule has 0 unspecified atom stereocenters. The first-order valence-corrected chi connectivity index (χ1v) is 50.9. The van der Waals surface area contributed by atoms with Crippen molar-refractivity contribution in [1.29, 1.82) is 0 Å². The van der Waals surface area contributed by atoms with E-state index in [-0.39, 0.29) is 182 Å². The molecule has 29 nitrogen and oxygen atoms in total. The Morgan fingerprint density at radius 3 is 0.489 bits per heavy atom. The largest absolute Gasteiger partial charge is 0.465 e. The Kier molecular flexibility index (Phi) is 53.9. The highest BCUT2D eigenvalue weighted by Gasteiger charge is 2.42. The minimum absolute atomic E-state index is 0.00760. The van der Waals surface area contributed by atoms with Gasteiger partial charge in [-0.3, -0.25) is 52.7 Å². The van der Waals surface area contributed by atoms with Crippen molar-refractivity contribution >= 4 is 83.6 Å². The summed E-state index contributed by atoms with van der Waals surface area (Å²) in [6.07, 6.45) is 38.3. The highest BCUT2D eigenvalue weighted by molar-refractivity contribution is 5.90.